The number of fused-ring (bicyclic) bond motifs is 1. The Kier molecular flexibility index (Phi) is 6.93. The van der Waals surface area contributed by atoms with E-state index < -0.39 is 0 Å². The Morgan fingerprint density at radius 3 is 2.84 bits per heavy atom. The summed E-state index contributed by atoms with van der Waals surface area (Å²) in [5.41, 5.74) is 3.81. The summed E-state index contributed by atoms with van der Waals surface area (Å²) in [5, 5.41) is 8.16. The summed E-state index contributed by atoms with van der Waals surface area (Å²) < 4.78 is 1.60. The van der Waals surface area contributed by atoms with E-state index in [4.69, 9.17) is 4.98 Å². The second kappa shape index (κ2) is 9.85. The van der Waals surface area contributed by atoms with E-state index in [0.29, 0.717) is 21.9 Å². The standard InChI is InChI=1S/C24H23N3O2S3/c1-4-11-27-23(29)20-17(18-10-7-12-30-18)13-31-22(20)26-24(27)32-14-19(28)25-21-15(3)8-6-9-16(21)5-2/h4,6-10,12-13H,1,5,11,14H2,2-3H3,(H,25,28). The lowest BCUT2D eigenvalue weighted by atomic mass is 10.1. The quantitative estimate of drug-likeness (QED) is 0.191. The molecule has 0 radical (unpaired) electrons. The van der Waals surface area contributed by atoms with Crippen molar-refractivity contribution in [2.45, 2.75) is 32.0 Å². The first-order valence-corrected chi connectivity index (χ1v) is 13.0. The number of thiophene rings is 2. The maximum Gasteiger partial charge on any atom is 0.263 e. The summed E-state index contributed by atoms with van der Waals surface area (Å²) in [5.74, 6) is 0.0411. The number of amides is 1. The average molecular weight is 482 g/mol. The van der Waals surface area contributed by atoms with Gasteiger partial charge in [0.1, 0.15) is 4.83 Å². The highest BCUT2D eigenvalue weighted by Gasteiger charge is 2.18. The van der Waals surface area contributed by atoms with E-state index >= 15 is 0 Å². The van der Waals surface area contributed by atoms with Gasteiger partial charge in [-0.1, -0.05) is 49.0 Å². The van der Waals surface area contributed by atoms with Crippen molar-refractivity contribution >= 4 is 56.2 Å². The van der Waals surface area contributed by atoms with Crippen LogP contribution in [0.3, 0.4) is 0 Å². The zero-order valence-electron chi connectivity index (χ0n) is 17.9. The number of carbonyl (C=O) groups is 1. The number of hydrogen-bond acceptors (Lipinski definition) is 6. The number of carbonyl (C=O) groups excluding carboxylic acids is 1. The Hall–Kier alpha value is -2.68. The van der Waals surface area contributed by atoms with Gasteiger partial charge in [-0.3, -0.25) is 14.2 Å². The number of rotatable bonds is 8. The van der Waals surface area contributed by atoms with Crippen LogP contribution < -0.4 is 10.9 Å². The van der Waals surface area contributed by atoms with Gasteiger partial charge in [-0.05, 0) is 35.9 Å². The fourth-order valence-electron chi connectivity index (χ4n) is 3.53. The Balaban J connectivity index is 1.62. The van der Waals surface area contributed by atoms with Crippen molar-refractivity contribution in [2.24, 2.45) is 0 Å². The third-order valence-corrected chi connectivity index (χ3v) is 7.85. The van der Waals surface area contributed by atoms with Crippen LogP contribution in [0.2, 0.25) is 0 Å². The van der Waals surface area contributed by atoms with Gasteiger partial charge in [0.25, 0.3) is 5.56 Å². The molecule has 0 aliphatic heterocycles. The molecule has 0 bridgehead atoms. The molecule has 0 aliphatic carbocycles. The Labute approximate surface area is 198 Å². The summed E-state index contributed by atoms with van der Waals surface area (Å²) in [6.45, 7) is 8.18. The maximum absolute atomic E-state index is 13.4. The predicted molar refractivity (Wildman–Crippen MR) is 137 cm³/mol. The van der Waals surface area contributed by atoms with Gasteiger partial charge in [0.05, 0.1) is 11.1 Å². The van der Waals surface area contributed by atoms with Crippen LogP contribution in [0.4, 0.5) is 5.69 Å². The number of hydrogen-bond donors (Lipinski definition) is 1. The van der Waals surface area contributed by atoms with Crippen LogP contribution in [0.1, 0.15) is 18.1 Å². The van der Waals surface area contributed by atoms with Gasteiger partial charge in [-0.25, -0.2) is 4.98 Å². The van der Waals surface area contributed by atoms with Crippen LogP contribution in [0, 0.1) is 6.92 Å². The van der Waals surface area contributed by atoms with Gasteiger partial charge < -0.3 is 5.32 Å². The molecular weight excluding hydrogens is 458 g/mol. The van der Waals surface area contributed by atoms with Gasteiger partial charge >= 0.3 is 0 Å². The van der Waals surface area contributed by atoms with Crippen molar-refractivity contribution in [3.63, 3.8) is 0 Å². The molecule has 0 fully saturated rings. The van der Waals surface area contributed by atoms with Crippen LogP contribution in [0.15, 0.2) is 63.7 Å². The molecule has 4 aromatic rings. The maximum atomic E-state index is 13.4. The number of allylic oxidation sites excluding steroid dienone is 1. The third-order valence-electron chi connectivity index (χ3n) is 5.09. The SMILES string of the molecule is C=CCn1c(SCC(=O)Nc2c(C)cccc2CC)nc2scc(-c3cccs3)c2c1=O. The molecule has 3 heterocycles. The number of nitrogens with zero attached hydrogens (tertiary/aromatic N) is 2. The van der Waals surface area contributed by atoms with Crippen LogP contribution in [-0.2, 0) is 17.8 Å². The molecule has 1 amide bonds. The van der Waals surface area contributed by atoms with Crippen molar-refractivity contribution < 1.29 is 4.79 Å². The van der Waals surface area contributed by atoms with Crippen LogP contribution in [-0.4, -0.2) is 21.2 Å². The third kappa shape index (κ3) is 4.44. The van der Waals surface area contributed by atoms with E-state index in [9.17, 15) is 9.59 Å². The molecule has 164 valence electrons. The number of aryl methyl sites for hydroxylation is 2. The van der Waals surface area contributed by atoms with E-state index in [-0.39, 0.29) is 17.2 Å². The first-order valence-electron chi connectivity index (χ1n) is 10.2. The van der Waals surface area contributed by atoms with Crippen molar-refractivity contribution in [1.29, 1.82) is 0 Å². The molecular formula is C24H23N3O2S3. The smallest absolute Gasteiger partial charge is 0.263 e. The van der Waals surface area contributed by atoms with Gasteiger partial charge in [0, 0.05) is 28.1 Å². The minimum Gasteiger partial charge on any atom is -0.325 e. The number of anilines is 1. The number of thioether (sulfide) groups is 1. The van der Waals surface area contributed by atoms with Gasteiger partial charge in [-0.15, -0.1) is 29.3 Å². The highest BCUT2D eigenvalue weighted by Crippen LogP contribution is 2.34. The molecule has 1 aromatic carbocycles. The van der Waals surface area contributed by atoms with E-state index in [1.54, 1.807) is 22.0 Å². The summed E-state index contributed by atoms with van der Waals surface area (Å²) in [4.78, 5) is 32.5. The monoisotopic (exact) mass is 481 g/mol. The number of para-hydroxylation sites is 1. The predicted octanol–water partition coefficient (Wildman–Crippen LogP) is 5.97. The van der Waals surface area contributed by atoms with Gasteiger partial charge in [0.2, 0.25) is 5.91 Å². The van der Waals surface area contributed by atoms with Crippen molar-refractivity contribution in [3.8, 4) is 10.4 Å². The highest BCUT2D eigenvalue weighted by atomic mass is 32.2. The molecule has 32 heavy (non-hydrogen) atoms. The molecule has 3 aromatic heterocycles. The summed E-state index contributed by atoms with van der Waals surface area (Å²) in [6.07, 6.45) is 2.52. The van der Waals surface area contributed by atoms with Crippen LogP contribution in [0.5, 0.6) is 0 Å². The molecule has 5 nitrogen and oxygen atoms in total. The number of nitrogens with one attached hydrogen (secondary N) is 1. The lowest BCUT2D eigenvalue weighted by Crippen LogP contribution is -2.23. The largest absolute Gasteiger partial charge is 0.325 e. The Morgan fingerprint density at radius 2 is 2.12 bits per heavy atom. The minimum atomic E-state index is -0.121. The molecule has 0 aliphatic rings. The van der Waals surface area contributed by atoms with Crippen molar-refractivity contribution in [2.75, 3.05) is 11.1 Å². The molecule has 0 unspecified atom stereocenters. The van der Waals surface area contributed by atoms with Crippen LogP contribution >= 0.6 is 34.4 Å². The van der Waals surface area contributed by atoms with E-state index in [1.807, 2.05) is 48.0 Å². The molecule has 1 N–H and O–H groups in total. The van der Waals surface area contributed by atoms with E-state index in [1.165, 1.54) is 23.1 Å². The van der Waals surface area contributed by atoms with Crippen LogP contribution in [0.25, 0.3) is 20.7 Å². The lowest BCUT2D eigenvalue weighted by molar-refractivity contribution is -0.113. The van der Waals surface area contributed by atoms with Gasteiger partial charge in [0.15, 0.2) is 5.16 Å². The average Bonchev–Trinajstić information content (AvgIpc) is 3.45. The molecule has 4 rings (SSSR count). The summed E-state index contributed by atoms with van der Waals surface area (Å²) >= 11 is 4.32. The molecule has 8 heteroatoms. The van der Waals surface area contributed by atoms with E-state index in [2.05, 4.69) is 18.8 Å². The van der Waals surface area contributed by atoms with Crippen molar-refractivity contribution in [1.82, 2.24) is 9.55 Å². The first-order chi connectivity index (χ1) is 15.5. The fourth-order valence-corrected chi connectivity index (χ4v) is 6.14. The number of aromatic nitrogens is 2. The van der Waals surface area contributed by atoms with Crippen molar-refractivity contribution in [3.05, 3.63) is 75.2 Å². The Bertz CT molecular complexity index is 1340. The molecule has 0 saturated heterocycles. The lowest BCUT2D eigenvalue weighted by Gasteiger charge is -2.14. The number of benzene rings is 1. The second-order valence-corrected chi connectivity index (χ2v) is 9.95. The highest BCUT2D eigenvalue weighted by molar-refractivity contribution is 7.99. The zero-order chi connectivity index (χ0) is 22.7. The molecule has 0 spiro atoms. The topological polar surface area (TPSA) is 64.0 Å². The normalized spacial score (nSPS) is 11.1. The molecule has 0 saturated carbocycles. The fraction of sp³-hybridized carbons (Fsp3) is 0.208. The Morgan fingerprint density at radius 1 is 1.28 bits per heavy atom. The summed E-state index contributed by atoms with van der Waals surface area (Å²) in [7, 11) is 0. The minimum absolute atomic E-state index is 0.102. The second-order valence-electron chi connectivity index (χ2n) is 7.21. The molecule has 0 atom stereocenters. The van der Waals surface area contributed by atoms with E-state index in [0.717, 1.165) is 33.7 Å². The van der Waals surface area contributed by atoms with Gasteiger partial charge in [-0.2, -0.15) is 0 Å². The zero-order valence-corrected chi connectivity index (χ0v) is 20.3. The summed E-state index contributed by atoms with van der Waals surface area (Å²) in [6, 6.07) is 9.99. The first kappa shape index (κ1) is 22.5.